The molecule has 1 fully saturated rings. The van der Waals surface area contributed by atoms with Gasteiger partial charge < -0.3 is 10.1 Å². The molecule has 0 amide bonds. The van der Waals surface area contributed by atoms with Crippen LogP contribution in [0.4, 0.5) is 8.78 Å². The maximum absolute atomic E-state index is 13.8. The Labute approximate surface area is 131 Å². The van der Waals surface area contributed by atoms with Gasteiger partial charge in [-0.15, -0.1) is 0 Å². The van der Waals surface area contributed by atoms with E-state index in [9.17, 15) is 13.6 Å². The molecule has 1 saturated heterocycles. The summed E-state index contributed by atoms with van der Waals surface area (Å²) in [7, 11) is 0. The number of Topliss-reactive ketones (excluding diaryl/α,β-unsaturated/α-hetero) is 1. The van der Waals surface area contributed by atoms with Crippen LogP contribution in [0, 0.1) is 11.6 Å². The van der Waals surface area contributed by atoms with Gasteiger partial charge in [0.1, 0.15) is 17.4 Å². The fraction of sp³-hybridized carbons (Fsp3) is 0.533. The molecular formula is C15H18BrF2NO2. The van der Waals surface area contributed by atoms with Gasteiger partial charge >= 0.3 is 0 Å². The summed E-state index contributed by atoms with van der Waals surface area (Å²) in [5.41, 5.74) is -0.184. The molecule has 1 aliphatic heterocycles. The predicted octanol–water partition coefficient (Wildman–Crippen LogP) is 3.00. The highest BCUT2D eigenvalue weighted by atomic mass is 79.9. The number of hydrogen-bond donors (Lipinski definition) is 1. The minimum Gasteiger partial charge on any atom is -0.378 e. The lowest BCUT2D eigenvalue weighted by atomic mass is 10.1. The standard InChI is InChI=1S/C15H18BrF2NO2/c16-13-1-2-14(17)12(15(13)18)9-10(20)5-8-21-11-3-6-19-7-4-11/h1-2,11,19H,3-9H2. The van der Waals surface area contributed by atoms with E-state index >= 15 is 0 Å². The molecule has 0 atom stereocenters. The highest BCUT2D eigenvalue weighted by Crippen LogP contribution is 2.22. The van der Waals surface area contributed by atoms with Crippen molar-refractivity contribution >= 4 is 21.7 Å². The lowest BCUT2D eigenvalue weighted by Gasteiger charge is -2.22. The van der Waals surface area contributed by atoms with Gasteiger partial charge in [0.2, 0.25) is 0 Å². The maximum atomic E-state index is 13.8. The molecule has 0 aliphatic carbocycles. The smallest absolute Gasteiger partial charge is 0.143 e. The van der Waals surface area contributed by atoms with Crippen LogP contribution >= 0.6 is 15.9 Å². The van der Waals surface area contributed by atoms with Crippen LogP contribution < -0.4 is 5.32 Å². The monoisotopic (exact) mass is 361 g/mol. The zero-order chi connectivity index (χ0) is 15.2. The van der Waals surface area contributed by atoms with Crippen molar-refractivity contribution in [2.24, 2.45) is 0 Å². The van der Waals surface area contributed by atoms with Gasteiger partial charge in [-0.25, -0.2) is 8.78 Å². The number of ether oxygens (including phenoxy) is 1. The third-order valence-electron chi connectivity index (χ3n) is 3.53. The molecule has 2 rings (SSSR count). The summed E-state index contributed by atoms with van der Waals surface area (Å²) in [5, 5.41) is 3.23. The fourth-order valence-electron chi connectivity index (χ4n) is 2.32. The third kappa shape index (κ3) is 4.83. The van der Waals surface area contributed by atoms with Crippen molar-refractivity contribution in [3.63, 3.8) is 0 Å². The molecule has 1 N–H and O–H groups in total. The second-order valence-corrected chi connectivity index (χ2v) is 5.96. The number of carbonyl (C=O) groups is 1. The van der Waals surface area contributed by atoms with E-state index in [-0.39, 0.29) is 34.8 Å². The molecular weight excluding hydrogens is 344 g/mol. The van der Waals surface area contributed by atoms with E-state index in [2.05, 4.69) is 21.2 Å². The molecule has 6 heteroatoms. The average Bonchev–Trinajstić information content (AvgIpc) is 2.49. The number of carbonyl (C=O) groups excluding carboxylic acids is 1. The first kappa shape index (κ1) is 16.5. The first-order chi connectivity index (χ1) is 10.1. The molecule has 0 bridgehead atoms. The normalized spacial score (nSPS) is 16.1. The first-order valence-electron chi connectivity index (χ1n) is 7.04. The third-order valence-corrected chi connectivity index (χ3v) is 4.15. The average molecular weight is 362 g/mol. The first-order valence-corrected chi connectivity index (χ1v) is 7.83. The predicted molar refractivity (Wildman–Crippen MR) is 79.2 cm³/mol. The highest BCUT2D eigenvalue weighted by molar-refractivity contribution is 9.10. The van der Waals surface area contributed by atoms with Crippen LogP contribution in [-0.4, -0.2) is 31.6 Å². The maximum Gasteiger partial charge on any atom is 0.143 e. The lowest BCUT2D eigenvalue weighted by Crippen LogP contribution is -2.32. The van der Waals surface area contributed by atoms with E-state index < -0.39 is 11.6 Å². The molecule has 116 valence electrons. The second kappa shape index (κ2) is 7.96. The minimum atomic E-state index is -0.706. The van der Waals surface area contributed by atoms with Crippen molar-refractivity contribution in [3.8, 4) is 0 Å². The molecule has 0 unspecified atom stereocenters. The summed E-state index contributed by atoms with van der Waals surface area (Å²) in [6, 6.07) is 2.44. The van der Waals surface area contributed by atoms with Crippen LogP contribution in [0.25, 0.3) is 0 Å². The number of piperidine rings is 1. The number of halogens is 3. The van der Waals surface area contributed by atoms with Gasteiger partial charge in [0.25, 0.3) is 0 Å². The summed E-state index contributed by atoms with van der Waals surface area (Å²) >= 11 is 2.99. The Hall–Kier alpha value is -0.850. The number of ketones is 1. The van der Waals surface area contributed by atoms with E-state index in [4.69, 9.17) is 4.74 Å². The zero-order valence-corrected chi connectivity index (χ0v) is 13.2. The van der Waals surface area contributed by atoms with Crippen LogP contribution in [0.3, 0.4) is 0 Å². The van der Waals surface area contributed by atoms with E-state index in [1.807, 2.05) is 0 Å². The van der Waals surface area contributed by atoms with Gasteiger partial charge in [0.15, 0.2) is 0 Å². The summed E-state index contributed by atoms with van der Waals surface area (Å²) in [6.45, 7) is 2.15. The van der Waals surface area contributed by atoms with Crippen LogP contribution in [-0.2, 0) is 16.0 Å². The van der Waals surface area contributed by atoms with E-state index in [1.54, 1.807) is 0 Å². The molecule has 3 nitrogen and oxygen atoms in total. The van der Waals surface area contributed by atoms with Crippen molar-refractivity contribution < 1.29 is 18.3 Å². The van der Waals surface area contributed by atoms with Gasteiger partial charge in [-0.2, -0.15) is 0 Å². The van der Waals surface area contributed by atoms with Crippen molar-refractivity contribution in [1.29, 1.82) is 0 Å². The summed E-state index contributed by atoms with van der Waals surface area (Å²) in [6.07, 6.45) is 1.98. The zero-order valence-electron chi connectivity index (χ0n) is 11.6. The molecule has 0 radical (unpaired) electrons. The van der Waals surface area contributed by atoms with Crippen molar-refractivity contribution in [2.75, 3.05) is 19.7 Å². The quantitative estimate of drug-likeness (QED) is 0.791. The second-order valence-electron chi connectivity index (χ2n) is 5.11. The van der Waals surface area contributed by atoms with Crippen molar-refractivity contribution in [2.45, 2.75) is 31.8 Å². The molecule has 1 aromatic carbocycles. The minimum absolute atomic E-state index is 0.164. The van der Waals surface area contributed by atoms with E-state index in [0.717, 1.165) is 32.0 Å². The summed E-state index contributed by atoms with van der Waals surface area (Å²) in [4.78, 5) is 11.8. The van der Waals surface area contributed by atoms with Crippen LogP contribution in [0.15, 0.2) is 16.6 Å². The Morgan fingerprint density at radius 3 is 2.76 bits per heavy atom. The molecule has 1 heterocycles. The van der Waals surface area contributed by atoms with Crippen molar-refractivity contribution in [1.82, 2.24) is 5.32 Å². The molecule has 0 saturated carbocycles. The molecule has 1 aromatic rings. The number of rotatable bonds is 6. The fourth-order valence-corrected chi connectivity index (χ4v) is 2.69. The summed E-state index contributed by atoms with van der Waals surface area (Å²) < 4.78 is 33.1. The number of nitrogens with one attached hydrogen (secondary N) is 1. The number of hydrogen-bond acceptors (Lipinski definition) is 3. The molecule has 0 aromatic heterocycles. The van der Waals surface area contributed by atoms with E-state index in [0.29, 0.717) is 6.61 Å². The van der Waals surface area contributed by atoms with Gasteiger partial charge in [0, 0.05) is 18.4 Å². The van der Waals surface area contributed by atoms with Gasteiger partial charge in [-0.1, -0.05) is 0 Å². The van der Waals surface area contributed by atoms with Gasteiger partial charge in [-0.05, 0) is 54.0 Å². The summed E-state index contributed by atoms with van der Waals surface area (Å²) in [5.74, 6) is -1.62. The Balaban J connectivity index is 1.80. The SMILES string of the molecule is O=C(CCOC1CCNCC1)Cc1c(F)ccc(Br)c1F. The molecule has 21 heavy (non-hydrogen) atoms. The lowest BCUT2D eigenvalue weighted by molar-refractivity contribution is -0.120. The van der Waals surface area contributed by atoms with Crippen LogP contribution in [0.2, 0.25) is 0 Å². The topological polar surface area (TPSA) is 38.3 Å². The van der Waals surface area contributed by atoms with Crippen molar-refractivity contribution in [3.05, 3.63) is 33.8 Å². The largest absolute Gasteiger partial charge is 0.378 e. The van der Waals surface area contributed by atoms with Crippen LogP contribution in [0.1, 0.15) is 24.8 Å². The number of benzene rings is 1. The van der Waals surface area contributed by atoms with Gasteiger partial charge in [0.05, 0.1) is 17.2 Å². The Morgan fingerprint density at radius 1 is 1.33 bits per heavy atom. The Morgan fingerprint density at radius 2 is 2.05 bits per heavy atom. The molecule has 0 spiro atoms. The van der Waals surface area contributed by atoms with E-state index in [1.165, 1.54) is 6.07 Å². The van der Waals surface area contributed by atoms with Gasteiger partial charge in [-0.3, -0.25) is 4.79 Å². The highest BCUT2D eigenvalue weighted by Gasteiger charge is 2.17. The Kier molecular flexibility index (Phi) is 6.26. The Bertz CT molecular complexity index is 505. The molecule has 1 aliphatic rings. The van der Waals surface area contributed by atoms with Crippen LogP contribution in [0.5, 0.6) is 0 Å².